The van der Waals surface area contributed by atoms with Gasteiger partial charge < -0.3 is 14.2 Å². The SMILES string of the molecule is CCCCCOCCOCCCC(=O)OCC(C)C. The van der Waals surface area contributed by atoms with E-state index in [1.54, 1.807) is 0 Å². The first kappa shape index (κ1) is 18.4. The molecule has 4 nitrogen and oxygen atoms in total. The Hall–Kier alpha value is -0.610. The average molecular weight is 274 g/mol. The van der Waals surface area contributed by atoms with Gasteiger partial charge in [-0.2, -0.15) is 0 Å². The number of hydrogen-bond acceptors (Lipinski definition) is 4. The van der Waals surface area contributed by atoms with Crippen molar-refractivity contribution >= 4 is 5.97 Å². The van der Waals surface area contributed by atoms with Gasteiger partial charge in [0.1, 0.15) is 0 Å². The highest BCUT2D eigenvalue weighted by atomic mass is 16.5. The predicted molar refractivity (Wildman–Crippen MR) is 76.2 cm³/mol. The van der Waals surface area contributed by atoms with Crippen molar-refractivity contribution in [1.82, 2.24) is 0 Å². The molecule has 0 radical (unpaired) electrons. The van der Waals surface area contributed by atoms with Gasteiger partial charge in [0.2, 0.25) is 0 Å². The second-order valence-corrected chi connectivity index (χ2v) is 5.11. The summed E-state index contributed by atoms with van der Waals surface area (Å²) in [5.74, 6) is 0.262. The summed E-state index contributed by atoms with van der Waals surface area (Å²) in [5.41, 5.74) is 0. The van der Waals surface area contributed by atoms with E-state index in [2.05, 4.69) is 6.92 Å². The molecule has 114 valence electrons. The predicted octanol–water partition coefficient (Wildman–Crippen LogP) is 3.19. The van der Waals surface area contributed by atoms with E-state index < -0.39 is 0 Å². The van der Waals surface area contributed by atoms with E-state index in [1.807, 2.05) is 13.8 Å². The number of carbonyl (C=O) groups is 1. The Morgan fingerprint density at radius 3 is 2.16 bits per heavy atom. The largest absolute Gasteiger partial charge is 0.465 e. The summed E-state index contributed by atoms with van der Waals surface area (Å²) in [4.78, 5) is 11.3. The fourth-order valence-electron chi connectivity index (χ4n) is 1.43. The molecule has 0 heterocycles. The van der Waals surface area contributed by atoms with Gasteiger partial charge >= 0.3 is 5.97 Å². The molecule has 0 saturated carbocycles. The third-order valence-electron chi connectivity index (χ3n) is 2.51. The Balaban J connectivity index is 3.11. The zero-order chi connectivity index (χ0) is 14.3. The van der Waals surface area contributed by atoms with Crippen molar-refractivity contribution in [3.63, 3.8) is 0 Å². The molecule has 0 N–H and O–H groups in total. The third-order valence-corrected chi connectivity index (χ3v) is 2.51. The first-order chi connectivity index (χ1) is 9.16. The lowest BCUT2D eigenvalue weighted by atomic mass is 10.2. The second kappa shape index (κ2) is 13.8. The molecule has 0 aromatic heterocycles. The minimum Gasteiger partial charge on any atom is -0.465 e. The van der Waals surface area contributed by atoms with Gasteiger partial charge in [-0.1, -0.05) is 33.6 Å². The number of hydrogen-bond donors (Lipinski definition) is 0. The molecule has 0 unspecified atom stereocenters. The highest BCUT2D eigenvalue weighted by molar-refractivity contribution is 5.69. The molecular formula is C15H30O4. The van der Waals surface area contributed by atoms with Gasteiger partial charge in [-0.25, -0.2) is 0 Å². The summed E-state index contributed by atoms with van der Waals surface area (Å²) in [6.07, 6.45) is 4.71. The molecule has 0 bridgehead atoms. The lowest BCUT2D eigenvalue weighted by Crippen LogP contribution is -2.11. The van der Waals surface area contributed by atoms with Crippen LogP contribution in [0, 0.1) is 5.92 Å². The van der Waals surface area contributed by atoms with E-state index >= 15 is 0 Å². The van der Waals surface area contributed by atoms with Crippen LogP contribution in [0.15, 0.2) is 0 Å². The number of carbonyl (C=O) groups excluding carboxylic acids is 1. The van der Waals surface area contributed by atoms with Crippen molar-refractivity contribution in [1.29, 1.82) is 0 Å². The summed E-state index contributed by atoms with van der Waals surface area (Å²) in [6, 6.07) is 0. The van der Waals surface area contributed by atoms with Crippen LogP contribution in [0.3, 0.4) is 0 Å². The van der Waals surface area contributed by atoms with Crippen LogP contribution in [0.25, 0.3) is 0 Å². The Morgan fingerprint density at radius 1 is 0.947 bits per heavy atom. The van der Waals surface area contributed by atoms with Crippen molar-refractivity contribution < 1.29 is 19.0 Å². The lowest BCUT2D eigenvalue weighted by molar-refractivity contribution is -0.145. The van der Waals surface area contributed by atoms with Crippen LogP contribution in [0.5, 0.6) is 0 Å². The van der Waals surface area contributed by atoms with Gasteiger partial charge in [-0.05, 0) is 18.8 Å². The summed E-state index contributed by atoms with van der Waals surface area (Å²) >= 11 is 0. The molecule has 0 aliphatic rings. The highest BCUT2D eigenvalue weighted by Gasteiger charge is 2.03. The zero-order valence-corrected chi connectivity index (χ0v) is 12.8. The molecule has 0 fully saturated rings. The Kier molecular flexibility index (Phi) is 13.4. The zero-order valence-electron chi connectivity index (χ0n) is 12.8. The van der Waals surface area contributed by atoms with Crippen molar-refractivity contribution in [3.05, 3.63) is 0 Å². The smallest absolute Gasteiger partial charge is 0.305 e. The summed E-state index contributed by atoms with van der Waals surface area (Å²) in [5, 5.41) is 0. The summed E-state index contributed by atoms with van der Waals surface area (Å²) < 4.78 is 15.9. The van der Waals surface area contributed by atoms with Crippen molar-refractivity contribution in [3.8, 4) is 0 Å². The van der Waals surface area contributed by atoms with Crippen LogP contribution in [0.2, 0.25) is 0 Å². The fraction of sp³-hybridized carbons (Fsp3) is 0.933. The summed E-state index contributed by atoms with van der Waals surface area (Å²) in [6.45, 7) is 9.39. The highest BCUT2D eigenvalue weighted by Crippen LogP contribution is 1.98. The Morgan fingerprint density at radius 2 is 1.58 bits per heavy atom. The maximum Gasteiger partial charge on any atom is 0.305 e. The average Bonchev–Trinajstić information content (AvgIpc) is 2.38. The molecule has 0 spiro atoms. The summed E-state index contributed by atoms with van der Waals surface area (Å²) in [7, 11) is 0. The maximum atomic E-state index is 11.3. The van der Waals surface area contributed by atoms with E-state index in [1.165, 1.54) is 12.8 Å². The Labute approximate surface area is 117 Å². The number of ether oxygens (including phenoxy) is 3. The van der Waals surface area contributed by atoms with E-state index in [-0.39, 0.29) is 5.97 Å². The minimum atomic E-state index is -0.131. The molecule has 0 atom stereocenters. The molecular weight excluding hydrogens is 244 g/mol. The molecule has 0 rings (SSSR count). The van der Waals surface area contributed by atoms with Crippen molar-refractivity contribution in [2.75, 3.05) is 33.0 Å². The van der Waals surface area contributed by atoms with Crippen LogP contribution in [0.1, 0.15) is 52.9 Å². The second-order valence-electron chi connectivity index (χ2n) is 5.11. The normalized spacial score (nSPS) is 10.9. The van der Waals surface area contributed by atoms with Crippen molar-refractivity contribution in [2.24, 2.45) is 5.92 Å². The van der Waals surface area contributed by atoms with E-state index in [0.29, 0.717) is 45.2 Å². The van der Waals surface area contributed by atoms with Crippen molar-refractivity contribution in [2.45, 2.75) is 52.9 Å². The number of rotatable bonds is 13. The standard InChI is InChI=1S/C15H30O4/c1-4-5-6-9-17-11-12-18-10-7-8-15(16)19-13-14(2)3/h14H,4-13H2,1-3H3. The fourth-order valence-corrected chi connectivity index (χ4v) is 1.43. The molecule has 19 heavy (non-hydrogen) atoms. The van der Waals surface area contributed by atoms with Crippen LogP contribution in [-0.4, -0.2) is 39.0 Å². The minimum absolute atomic E-state index is 0.131. The third kappa shape index (κ3) is 15.3. The first-order valence-electron chi connectivity index (χ1n) is 7.48. The number of unbranched alkanes of at least 4 members (excludes halogenated alkanes) is 2. The maximum absolute atomic E-state index is 11.3. The molecule has 0 aliphatic carbocycles. The number of esters is 1. The molecule has 0 aliphatic heterocycles. The first-order valence-corrected chi connectivity index (χ1v) is 7.48. The molecule has 0 aromatic carbocycles. The van der Waals surface area contributed by atoms with Crippen LogP contribution < -0.4 is 0 Å². The topological polar surface area (TPSA) is 44.8 Å². The van der Waals surface area contributed by atoms with Crippen LogP contribution >= 0.6 is 0 Å². The lowest BCUT2D eigenvalue weighted by Gasteiger charge is -2.07. The van der Waals surface area contributed by atoms with Gasteiger partial charge in [-0.15, -0.1) is 0 Å². The van der Waals surface area contributed by atoms with Gasteiger partial charge in [0.25, 0.3) is 0 Å². The molecule has 0 saturated heterocycles. The van der Waals surface area contributed by atoms with E-state index in [9.17, 15) is 4.79 Å². The van der Waals surface area contributed by atoms with Crippen LogP contribution in [-0.2, 0) is 19.0 Å². The van der Waals surface area contributed by atoms with Crippen LogP contribution in [0.4, 0.5) is 0 Å². The van der Waals surface area contributed by atoms with Gasteiger partial charge in [0.05, 0.1) is 19.8 Å². The quantitative estimate of drug-likeness (QED) is 0.382. The van der Waals surface area contributed by atoms with Gasteiger partial charge in [0.15, 0.2) is 0 Å². The monoisotopic (exact) mass is 274 g/mol. The van der Waals surface area contributed by atoms with E-state index in [4.69, 9.17) is 14.2 Å². The molecule has 0 aromatic rings. The van der Waals surface area contributed by atoms with Gasteiger partial charge in [0, 0.05) is 19.6 Å². The van der Waals surface area contributed by atoms with E-state index in [0.717, 1.165) is 13.0 Å². The molecule has 0 amide bonds. The Bertz CT molecular complexity index is 204. The molecule has 4 heteroatoms. The van der Waals surface area contributed by atoms with Gasteiger partial charge in [-0.3, -0.25) is 4.79 Å².